The number of rotatable bonds is 5. The van der Waals surface area contributed by atoms with Gasteiger partial charge in [-0.05, 0) is 6.07 Å². The number of H-pyrrole nitrogens is 2. The molecule has 11 heteroatoms. The number of hydrogen-bond donors (Lipinski definition) is 4. The van der Waals surface area contributed by atoms with Gasteiger partial charge >= 0.3 is 11.7 Å². The van der Waals surface area contributed by atoms with Gasteiger partial charge in [0.05, 0.1) is 4.90 Å². The highest BCUT2D eigenvalue weighted by Crippen LogP contribution is 2.32. The van der Waals surface area contributed by atoms with Crippen molar-refractivity contribution in [3.05, 3.63) is 52.2 Å². The number of amides is 1. The minimum atomic E-state index is -3.81. The first kappa shape index (κ1) is 17.8. The molecule has 2 aromatic rings. The summed E-state index contributed by atoms with van der Waals surface area (Å²) < 4.78 is 23.7. The van der Waals surface area contributed by atoms with Crippen LogP contribution in [0.5, 0.6) is 0 Å². The molecule has 0 aliphatic heterocycles. The van der Waals surface area contributed by atoms with Crippen LogP contribution in [-0.4, -0.2) is 41.6 Å². The molecule has 1 atom stereocenters. The van der Waals surface area contributed by atoms with Gasteiger partial charge in [-0.3, -0.25) is 4.79 Å². The number of hydrogen-bond acceptors (Lipinski definition) is 5. The first-order chi connectivity index (χ1) is 11.1. The number of halogens is 1. The van der Waals surface area contributed by atoms with E-state index < -0.39 is 32.4 Å². The highest BCUT2D eigenvalue weighted by Gasteiger charge is 2.43. The summed E-state index contributed by atoms with van der Waals surface area (Å²) in [7, 11) is -3.81. The zero-order valence-corrected chi connectivity index (χ0v) is 13.7. The molecule has 0 spiro atoms. The van der Waals surface area contributed by atoms with Gasteiger partial charge in [0.25, 0.3) is 5.91 Å². The van der Waals surface area contributed by atoms with E-state index in [2.05, 4.69) is 9.97 Å². The first-order valence-electron chi connectivity index (χ1n) is 6.38. The molecule has 24 heavy (non-hydrogen) atoms. The molecule has 0 radical (unpaired) electrons. The van der Waals surface area contributed by atoms with Crippen LogP contribution in [0, 0.1) is 0 Å². The molecule has 4 N–H and O–H groups in total. The van der Waals surface area contributed by atoms with Gasteiger partial charge in [-0.15, -0.1) is 0 Å². The normalized spacial score (nSPS) is 13.9. The molecule has 0 aliphatic carbocycles. The molecule has 0 fully saturated rings. The number of benzene rings is 1. The molecule has 1 amide bonds. The molecule has 1 heterocycles. The molecule has 1 unspecified atom stereocenters. The van der Waals surface area contributed by atoms with E-state index in [4.69, 9.17) is 11.6 Å². The Morgan fingerprint density at radius 1 is 1.29 bits per heavy atom. The number of alkyl halides is 1. The van der Waals surface area contributed by atoms with Gasteiger partial charge in [-0.1, -0.05) is 29.8 Å². The Balaban J connectivity index is 2.55. The van der Waals surface area contributed by atoms with E-state index in [1.807, 2.05) is 5.32 Å². The molecular formula is C13H12ClN3O6S. The van der Waals surface area contributed by atoms with Gasteiger partial charge in [0.15, 0.2) is 9.84 Å². The SMILES string of the molecule is CS(=O)(=O)c1ccccc1C(Cl)(NC(=O)c1c[nH]c(=O)[nH]1)C(=O)O. The summed E-state index contributed by atoms with van der Waals surface area (Å²) in [6.07, 6.45) is 1.91. The molecule has 0 bridgehead atoms. The van der Waals surface area contributed by atoms with E-state index in [1.165, 1.54) is 24.3 Å². The fraction of sp³-hybridized carbons (Fsp3) is 0.154. The number of carboxylic acid groups (broad SMARTS) is 1. The van der Waals surface area contributed by atoms with E-state index in [-0.39, 0.29) is 16.2 Å². The van der Waals surface area contributed by atoms with Gasteiger partial charge in [-0.2, -0.15) is 0 Å². The maximum Gasteiger partial charge on any atom is 0.350 e. The molecular weight excluding hydrogens is 362 g/mol. The van der Waals surface area contributed by atoms with Crippen molar-refractivity contribution in [2.45, 2.75) is 9.89 Å². The fourth-order valence-corrected chi connectivity index (χ4v) is 3.24. The Bertz CT molecular complexity index is 964. The topological polar surface area (TPSA) is 149 Å². The Morgan fingerprint density at radius 2 is 1.92 bits per heavy atom. The van der Waals surface area contributed by atoms with Crippen molar-refractivity contribution in [1.29, 1.82) is 0 Å². The summed E-state index contributed by atoms with van der Waals surface area (Å²) in [6, 6.07) is 5.13. The van der Waals surface area contributed by atoms with Crippen molar-refractivity contribution < 1.29 is 23.1 Å². The van der Waals surface area contributed by atoms with Crippen LogP contribution in [-0.2, 0) is 19.6 Å². The maximum absolute atomic E-state index is 12.1. The van der Waals surface area contributed by atoms with Crippen molar-refractivity contribution >= 4 is 33.3 Å². The van der Waals surface area contributed by atoms with Crippen LogP contribution in [0.2, 0.25) is 0 Å². The number of nitrogens with one attached hydrogen (secondary N) is 3. The minimum Gasteiger partial charge on any atom is -0.478 e. The van der Waals surface area contributed by atoms with E-state index in [1.54, 1.807) is 0 Å². The van der Waals surface area contributed by atoms with E-state index in [9.17, 15) is 27.9 Å². The third-order valence-corrected chi connectivity index (χ3v) is 4.69. The number of aromatic amines is 2. The van der Waals surface area contributed by atoms with Crippen LogP contribution < -0.4 is 11.0 Å². The lowest BCUT2D eigenvalue weighted by atomic mass is 10.1. The second kappa shape index (κ2) is 6.13. The third-order valence-electron chi connectivity index (χ3n) is 3.08. The summed E-state index contributed by atoms with van der Waals surface area (Å²) in [4.78, 5) is 36.2. The first-order valence-corrected chi connectivity index (χ1v) is 8.64. The van der Waals surface area contributed by atoms with E-state index in [0.29, 0.717) is 0 Å². The lowest BCUT2D eigenvalue weighted by molar-refractivity contribution is -0.141. The second-order valence-electron chi connectivity index (χ2n) is 4.84. The lowest BCUT2D eigenvalue weighted by Gasteiger charge is -2.25. The highest BCUT2D eigenvalue weighted by molar-refractivity contribution is 7.90. The maximum atomic E-state index is 12.1. The van der Waals surface area contributed by atoms with Gasteiger partial charge in [0.1, 0.15) is 5.69 Å². The van der Waals surface area contributed by atoms with Gasteiger partial charge in [0, 0.05) is 18.0 Å². The number of aliphatic carboxylic acids is 1. The average Bonchev–Trinajstić information content (AvgIpc) is 2.92. The predicted molar refractivity (Wildman–Crippen MR) is 83.6 cm³/mol. The Hall–Kier alpha value is -2.59. The quantitative estimate of drug-likeness (QED) is 0.428. The van der Waals surface area contributed by atoms with E-state index >= 15 is 0 Å². The monoisotopic (exact) mass is 373 g/mol. The molecule has 0 aliphatic rings. The summed E-state index contributed by atoms with van der Waals surface area (Å²) in [6.45, 7) is 0. The Kier molecular flexibility index (Phi) is 4.54. The summed E-state index contributed by atoms with van der Waals surface area (Å²) >= 11 is 6.06. The fourth-order valence-electron chi connectivity index (χ4n) is 1.99. The number of carbonyl (C=O) groups excluding carboxylic acids is 1. The number of sulfone groups is 1. The van der Waals surface area contributed by atoms with Crippen LogP contribution in [0.15, 0.2) is 40.2 Å². The average molecular weight is 374 g/mol. The predicted octanol–water partition coefficient (Wildman–Crippen LogP) is 0.0127. The number of carboxylic acids is 1. The Labute approximate surface area is 140 Å². The van der Waals surface area contributed by atoms with Crippen LogP contribution >= 0.6 is 11.6 Å². The van der Waals surface area contributed by atoms with Gasteiger partial charge in [0.2, 0.25) is 5.00 Å². The molecule has 1 aromatic heterocycles. The molecule has 9 nitrogen and oxygen atoms in total. The number of carbonyl (C=O) groups is 2. The van der Waals surface area contributed by atoms with Crippen LogP contribution in [0.1, 0.15) is 16.1 Å². The zero-order valence-electron chi connectivity index (χ0n) is 12.2. The standard InChI is InChI=1S/C13H12ClN3O6S/c1-24(22,23)9-5-3-2-4-7(9)13(14,11(19)20)17-10(18)8-6-15-12(21)16-8/h2-6H,1H3,(H,17,18)(H,19,20)(H2,15,16,21). The zero-order chi connectivity index (χ0) is 18.1. The van der Waals surface area contributed by atoms with Crippen molar-refractivity contribution in [2.75, 3.05) is 6.26 Å². The van der Waals surface area contributed by atoms with Gasteiger partial charge < -0.3 is 20.4 Å². The largest absolute Gasteiger partial charge is 0.478 e. The van der Waals surface area contributed by atoms with E-state index in [0.717, 1.165) is 12.5 Å². The van der Waals surface area contributed by atoms with Crippen molar-refractivity contribution in [3.63, 3.8) is 0 Å². The summed E-state index contributed by atoms with van der Waals surface area (Å²) in [5, 5.41) is 11.5. The van der Waals surface area contributed by atoms with Gasteiger partial charge in [-0.25, -0.2) is 18.0 Å². The summed E-state index contributed by atoms with van der Waals surface area (Å²) in [5.41, 5.74) is -1.26. The molecule has 0 saturated carbocycles. The van der Waals surface area contributed by atoms with Crippen LogP contribution in [0.3, 0.4) is 0 Å². The minimum absolute atomic E-state index is 0.261. The van der Waals surface area contributed by atoms with Crippen LogP contribution in [0.25, 0.3) is 0 Å². The van der Waals surface area contributed by atoms with Crippen molar-refractivity contribution in [3.8, 4) is 0 Å². The highest BCUT2D eigenvalue weighted by atomic mass is 35.5. The molecule has 128 valence electrons. The van der Waals surface area contributed by atoms with Crippen molar-refractivity contribution in [2.24, 2.45) is 0 Å². The lowest BCUT2D eigenvalue weighted by Crippen LogP contribution is -2.48. The number of aromatic nitrogens is 2. The third kappa shape index (κ3) is 3.34. The number of imidazole rings is 1. The molecule has 1 aromatic carbocycles. The smallest absolute Gasteiger partial charge is 0.350 e. The van der Waals surface area contributed by atoms with Crippen LogP contribution in [0.4, 0.5) is 0 Å². The Morgan fingerprint density at radius 3 is 2.42 bits per heavy atom. The molecule has 2 rings (SSSR count). The second-order valence-corrected chi connectivity index (χ2v) is 7.39. The molecule has 0 saturated heterocycles. The summed E-state index contributed by atoms with van der Waals surface area (Å²) in [5.74, 6) is -2.69. The van der Waals surface area contributed by atoms with Crippen molar-refractivity contribution in [1.82, 2.24) is 15.3 Å².